The Kier molecular flexibility index (Phi) is 1.96. The minimum atomic E-state index is 0.862. The van der Waals surface area contributed by atoms with Crippen LogP contribution in [0.3, 0.4) is 0 Å². The van der Waals surface area contributed by atoms with E-state index in [4.69, 9.17) is 0 Å². The molecule has 77 valence electrons. The van der Waals surface area contributed by atoms with Crippen molar-refractivity contribution in [1.82, 2.24) is 14.5 Å². The fourth-order valence-corrected chi connectivity index (χ4v) is 1.82. The zero-order chi connectivity index (χ0) is 11.0. The predicted molar refractivity (Wildman–Crippen MR) is 62.8 cm³/mol. The minimum absolute atomic E-state index is 0.862. The second kappa shape index (κ2) is 3.45. The lowest BCUT2D eigenvalue weighted by molar-refractivity contribution is 0.941. The zero-order valence-corrected chi connectivity index (χ0v) is 8.88. The second-order valence-electron chi connectivity index (χ2n) is 3.64. The van der Waals surface area contributed by atoms with Crippen molar-refractivity contribution in [2.75, 3.05) is 0 Å². The van der Waals surface area contributed by atoms with Gasteiger partial charge in [-0.2, -0.15) is 0 Å². The maximum Gasteiger partial charge on any atom is 0.160 e. The summed E-state index contributed by atoms with van der Waals surface area (Å²) in [5, 5.41) is 0. The number of imidazole rings is 1. The molecule has 2 aromatic heterocycles. The Labute approximate surface area is 93.4 Å². The summed E-state index contributed by atoms with van der Waals surface area (Å²) in [4.78, 5) is 8.77. The molecule has 0 aliphatic heterocycles. The fraction of sp³-hybridized carbons (Fsp3) is 0.0769. The maximum absolute atomic E-state index is 4.56. The monoisotopic (exact) mass is 208 g/mol. The van der Waals surface area contributed by atoms with Crippen molar-refractivity contribution in [3.8, 4) is 11.4 Å². The summed E-state index contributed by atoms with van der Waals surface area (Å²) < 4.78 is 1.99. The molecule has 16 heavy (non-hydrogen) atoms. The molecule has 3 aromatic rings. The van der Waals surface area contributed by atoms with Gasteiger partial charge in [-0.1, -0.05) is 30.3 Å². The first-order valence-corrected chi connectivity index (χ1v) is 5.11. The van der Waals surface area contributed by atoms with Crippen molar-refractivity contribution < 1.29 is 0 Å². The smallest absolute Gasteiger partial charge is 0.160 e. The quantitative estimate of drug-likeness (QED) is 0.615. The van der Waals surface area contributed by atoms with Crippen LogP contribution in [0.2, 0.25) is 0 Å². The van der Waals surface area contributed by atoms with Crippen LogP contribution in [0.5, 0.6) is 0 Å². The Morgan fingerprint density at radius 3 is 2.69 bits per heavy atom. The molecular formula is C13H10N3. The van der Waals surface area contributed by atoms with Crippen LogP contribution in [-0.2, 0) is 7.05 Å². The van der Waals surface area contributed by atoms with Crippen LogP contribution < -0.4 is 0 Å². The molecule has 0 saturated heterocycles. The SMILES string of the molecule is Cn1c(-c2ccccc2)nc2cc[c]nc21. The van der Waals surface area contributed by atoms with Crippen LogP contribution in [0.1, 0.15) is 0 Å². The second-order valence-corrected chi connectivity index (χ2v) is 3.64. The molecule has 0 N–H and O–H groups in total. The van der Waals surface area contributed by atoms with E-state index < -0.39 is 0 Å². The highest BCUT2D eigenvalue weighted by Gasteiger charge is 2.09. The Morgan fingerprint density at radius 1 is 1.12 bits per heavy atom. The predicted octanol–water partition coefficient (Wildman–Crippen LogP) is 2.44. The van der Waals surface area contributed by atoms with Gasteiger partial charge in [-0.25, -0.2) is 9.97 Å². The molecule has 3 heteroatoms. The summed E-state index contributed by atoms with van der Waals surface area (Å²) in [6.45, 7) is 0. The normalized spacial score (nSPS) is 10.8. The lowest BCUT2D eigenvalue weighted by Gasteiger charge is -2.00. The third-order valence-corrected chi connectivity index (χ3v) is 2.61. The average molecular weight is 208 g/mol. The lowest BCUT2D eigenvalue weighted by atomic mass is 10.2. The summed E-state index contributed by atoms with van der Waals surface area (Å²) in [5.74, 6) is 0.933. The van der Waals surface area contributed by atoms with E-state index in [0.717, 1.165) is 22.6 Å². The van der Waals surface area contributed by atoms with E-state index in [1.807, 2.05) is 48.0 Å². The Hall–Kier alpha value is -2.16. The van der Waals surface area contributed by atoms with Crippen LogP contribution in [0, 0.1) is 6.20 Å². The standard InChI is InChI=1S/C13H10N3/c1-16-12(10-6-3-2-4-7-10)15-11-8-5-9-14-13(11)16/h2-8H,1H3. The summed E-state index contributed by atoms with van der Waals surface area (Å²) in [6, 6.07) is 13.8. The first-order chi connectivity index (χ1) is 7.86. The van der Waals surface area contributed by atoms with Crippen molar-refractivity contribution in [3.63, 3.8) is 0 Å². The highest BCUT2D eigenvalue weighted by Crippen LogP contribution is 2.21. The van der Waals surface area contributed by atoms with Gasteiger partial charge in [-0.3, -0.25) is 0 Å². The molecule has 0 unspecified atom stereocenters. The molecule has 0 bridgehead atoms. The molecule has 3 rings (SSSR count). The molecule has 0 aliphatic rings. The molecule has 0 fully saturated rings. The molecular weight excluding hydrogens is 198 g/mol. The Balaban J connectivity index is 2.29. The van der Waals surface area contributed by atoms with E-state index in [0.29, 0.717) is 0 Å². The van der Waals surface area contributed by atoms with Gasteiger partial charge in [0, 0.05) is 12.6 Å². The zero-order valence-electron chi connectivity index (χ0n) is 8.88. The van der Waals surface area contributed by atoms with Gasteiger partial charge in [0.2, 0.25) is 0 Å². The van der Waals surface area contributed by atoms with E-state index in [-0.39, 0.29) is 0 Å². The molecule has 3 nitrogen and oxygen atoms in total. The minimum Gasteiger partial charge on any atom is -0.312 e. The van der Waals surface area contributed by atoms with E-state index in [1.54, 1.807) is 6.07 Å². The molecule has 0 saturated carbocycles. The van der Waals surface area contributed by atoms with E-state index in [9.17, 15) is 0 Å². The molecule has 0 aliphatic carbocycles. The van der Waals surface area contributed by atoms with E-state index in [2.05, 4.69) is 16.2 Å². The average Bonchev–Trinajstić information content (AvgIpc) is 2.69. The number of nitrogens with zero attached hydrogens (tertiary/aromatic N) is 3. The summed E-state index contributed by atoms with van der Waals surface area (Å²) in [6.07, 6.45) is 2.83. The number of rotatable bonds is 1. The Morgan fingerprint density at radius 2 is 1.94 bits per heavy atom. The van der Waals surface area contributed by atoms with Crippen molar-refractivity contribution in [1.29, 1.82) is 0 Å². The maximum atomic E-state index is 4.56. The third kappa shape index (κ3) is 1.29. The topological polar surface area (TPSA) is 30.7 Å². The summed E-state index contributed by atoms with van der Waals surface area (Å²) in [5.41, 5.74) is 2.87. The number of aromatic nitrogens is 3. The number of hydrogen-bond acceptors (Lipinski definition) is 2. The van der Waals surface area contributed by atoms with Gasteiger partial charge in [0.1, 0.15) is 11.3 Å². The van der Waals surface area contributed by atoms with E-state index >= 15 is 0 Å². The number of pyridine rings is 1. The molecule has 1 aromatic carbocycles. The van der Waals surface area contributed by atoms with Gasteiger partial charge in [-0.15, -0.1) is 0 Å². The van der Waals surface area contributed by atoms with Crippen LogP contribution in [0.25, 0.3) is 22.6 Å². The van der Waals surface area contributed by atoms with Crippen molar-refractivity contribution in [2.24, 2.45) is 7.05 Å². The first-order valence-electron chi connectivity index (χ1n) is 5.11. The molecule has 0 atom stereocenters. The van der Waals surface area contributed by atoms with Crippen LogP contribution in [0.15, 0.2) is 42.5 Å². The van der Waals surface area contributed by atoms with Crippen molar-refractivity contribution in [3.05, 3.63) is 48.7 Å². The largest absolute Gasteiger partial charge is 0.312 e. The molecule has 0 spiro atoms. The molecule has 1 radical (unpaired) electrons. The lowest BCUT2D eigenvalue weighted by Crippen LogP contribution is -1.93. The first kappa shape index (κ1) is 9.09. The van der Waals surface area contributed by atoms with Gasteiger partial charge in [-0.05, 0) is 12.1 Å². The fourth-order valence-electron chi connectivity index (χ4n) is 1.82. The highest BCUT2D eigenvalue weighted by molar-refractivity contribution is 5.76. The van der Waals surface area contributed by atoms with Gasteiger partial charge in [0.15, 0.2) is 5.65 Å². The molecule has 2 heterocycles. The van der Waals surface area contributed by atoms with Crippen LogP contribution in [0.4, 0.5) is 0 Å². The summed E-state index contributed by atoms with van der Waals surface area (Å²) >= 11 is 0. The number of benzene rings is 1. The van der Waals surface area contributed by atoms with Crippen LogP contribution in [-0.4, -0.2) is 14.5 Å². The van der Waals surface area contributed by atoms with Gasteiger partial charge in [0.25, 0.3) is 0 Å². The van der Waals surface area contributed by atoms with Gasteiger partial charge >= 0.3 is 0 Å². The third-order valence-electron chi connectivity index (χ3n) is 2.61. The number of hydrogen-bond donors (Lipinski definition) is 0. The number of aryl methyl sites for hydroxylation is 1. The highest BCUT2D eigenvalue weighted by atomic mass is 15.1. The van der Waals surface area contributed by atoms with Gasteiger partial charge < -0.3 is 4.57 Å². The van der Waals surface area contributed by atoms with Crippen molar-refractivity contribution in [2.45, 2.75) is 0 Å². The van der Waals surface area contributed by atoms with Crippen molar-refractivity contribution >= 4 is 11.2 Å². The van der Waals surface area contributed by atoms with Crippen LogP contribution >= 0.6 is 0 Å². The van der Waals surface area contributed by atoms with E-state index in [1.165, 1.54) is 0 Å². The number of fused-ring (bicyclic) bond motifs is 1. The van der Waals surface area contributed by atoms with Gasteiger partial charge in [0.05, 0.1) is 6.20 Å². The Bertz CT molecular complexity index is 626. The molecule has 0 amide bonds. The summed E-state index contributed by atoms with van der Waals surface area (Å²) in [7, 11) is 1.97.